The third kappa shape index (κ3) is 4.85. The van der Waals surface area contributed by atoms with Gasteiger partial charge in [0.25, 0.3) is 5.52 Å². The number of fused-ring (bicyclic) bond motifs is 4. The SMILES string of the molecule is CCN1C(=CC=Cc2oc3ccc(-c4ccc5ccccc5c4)cc3[n+]2CC)Oc2ccc(-c3ccc4ccccc4c3)cc21. The van der Waals surface area contributed by atoms with Crippen LogP contribution in [0.4, 0.5) is 5.69 Å². The van der Waals surface area contributed by atoms with Crippen molar-refractivity contribution in [2.24, 2.45) is 0 Å². The Bertz CT molecular complexity index is 2290. The van der Waals surface area contributed by atoms with E-state index in [0.29, 0.717) is 0 Å². The number of aromatic nitrogens is 1. The molecule has 4 nitrogen and oxygen atoms in total. The summed E-state index contributed by atoms with van der Waals surface area (Å²) in [6.07, 6.45) is 6.06. The van der Waals surface area contributed by atoms with E-state index in [-0.39, 0.29) is 0 Å². The van der Waals surface area contributed by atoms with E-state index in [4.69, 9.17) is 9.15 Å². The molecule has 7 aromatic rings. The van der Waals surface area contributed by atoms with Crippen LogP contribution in [0.1, 0.15) is 19.7 Å². The lowest BCUT2D eigenvalue weighted by Gasteiger charge is -2.15. The summed E-state index contributed by atoms with van der Waals surface area (Å²) in [4.78, 5) is 2.21. The fourth-order valence-corrected chi connectivity index (χ4v) is 6.41. The van der Waals surface area contributed by atoms with Crippen molar-refractivity contribution in [3.8, 4) is 28.0 Å². The Hall–Kier alpha value is -5.61. The fraction of sp³-hybridized carbons (Fsp3) is 0.0976. The average molecular weight is 586 g/mol. The number of nitrogens with zero attached hydrogens (tertiary/aromatic N) is 2. The molecule has 6 aromatic carbocycles. The van der Waals surface area contributed by atoms with Gasteiger partial charge < -0.3 is 14.1 Å². The number of rotatable bonds is 6. The Morgan fingerprint density at radius 2 is 1.24 bits per heavy atom. The average Bonchev–Trinajstić information content (AvgIpc) is 3.63. The third-order valence-corrected chi connectivity index (χ3v) is 8.74. The van der Waals surface area contributed by atoms with Crippen molar-refractivity contribution in [1.29, 1.82) is 0 Å². The monoisotopic (exact) mass is 585 g/mol. The first kappa shape index (κ1) is 27.0. The highest BCUT2D eigenvalue weighted by Crippen LogP contribution is 2.41. The second-order valence-corrected chi connectivity index (χ2v) is 11.4. The van der Waals surface area contributed by atoms with E-state index < -0.39 is 0 Å². The van der Waals surface area contributed by atoms with Crippen molar-refractivity contribution in [2.45, 2.75) is 20.4 Å². The number of benzene rings is 6. The Morgan fingerprint density at radius 1 is 0.644 bits per heavy atom. The molecule has 0 saturated heterocycles. The number of ether oxygens (including phenoxy) is 1. The molecule has 0 N–H and O–H groups in total. The van der Waals surface area contributed by atoms with Crippen LogP contribution in [0.3, 0.4) is 0 Å². The molecule has 0 saturated carbocycles. The maximum atomic E-state index is 6.32. The van der Waals surface area contributed by atoms with E-state index in [1.165, 1.54) is 43.8 Å². The molecule has 0 bridgehead atoms. The predicted octanol–water partition coefficient (Wildman–Crippen LogP) is 10.2. The molecule has 2 heterocycles. The second kappa shape index (κ2) is 11.1. The van der Waals surface area contributed by atoms with E-state index in [9.17, 15) is 0 Å². The van der Waals surface area contributed by atoms with Crippen LogP contribution in [0.15, 0.2) is 144 Å². The molecule has 0 amide bonds. The van der Waals surface area contributed by atoms with Gasteiger partial charge in [0.2, 0.25) is 11.5 Å². The van der Waals surface area contributed by atoms with Crippen LogP contribution in [0.25, 0.3) is 61.0 Å². The van der Waals surface area contributed by atoms with Crippen molar-refractivity contribution < 1.29 is 13.7 Å². The van der Waals surface area contributed by atoms with Gasteiger partial charge >= 0.3 is 5.89 Å². The van der Waals surface area contributed by atoms with Gasteiger partial charge in [-0.1, -0.05) is 84.9 Å². The van der Waals surface area contributed by atoms with Crippen molar-refractivity contribution in [1.82, 2.24) is 0 Å². The van der Waals surface area contributed by atoms with Gasteiger partial charge in [0.15, 0.2) is 5.75 Å². The summed E-state index contributed by atoms with van der Waals surface area (Å²) in [7, 11) is 0. The zero-order valence-electron chi connectivity index (χ0n) is 25.4. The highest BCUT2D eigenvalue weighted by atomic mass is 16.5. The molecular weight excluding hydrogens is 552 g/mol. The molecular formula is C41H33N2O2+. The molecule has 1 aromatic heterocycles. The first-order chi connectivity index (χ1) is 22.2. The molecule has 0 atom stereocenters. The van der Waals surface area contributed by atoms with Gasteiger partial charge in [-0.15, -0.1) is 0 Å². The number of anilines is 1. The highest BCUT2D eigenvalue weighted by molar-refractivity contribution is 5.90. The van der Waals surface area contributed by atoms with Crippen LogP contribution in [0.5, 0.6) is 5.75 Å². The zero-order chi connectivity index (χ0) is 30.3. The minimum Gasteiger partial charge on any atom is -0.439 e. The molecule has 1 aliphatic rings. The van der Waals surface area contributed by atoms with Gasteiger partial charge in [0.1, 0.15) is 6.54 Å². The number of allylic oxidation sites excluding steroid dienone is 2. The summed E-state index contributed by atoms with van der Waals surface area (Å²) in [5, 5.41) is 4.98. The summed E-state index contributed by atoms with van der Waals surface area (Å²) in [5.74, 6) is 2.48. The second-order valence-electron chi connectivity index (χ2n) is 11.4. The molecule has 0 spiro atoms. The van der Waals surface area contributed by atoms with E-state index >= 15 is 0 Å². The summed E-state index contributed by atoms with van der Waals surface area (Å²) in [6.45, 7) is 5.89. The van der Waals surface area contributed by atoms with Crippen LogP contribution < -0.4 is 14.2 Å². The number of oxazole rings is 1. The van der Waals surface area contributed by atoms with Crippen molar-refractivity contribution in [3.63, 3.8) is 0 Å². The minimum absolute atomic E-state index is 0.797. The molecule has 1 aliphatic heterocycles. The lowest BCUT2D eigenvalue weighted by atomic mass is 10.0. The first-order valence-corrected chi connectivity index (χ1v) is 15.6. The highest BCUT2D eigenvalue weighted by Gasteiger charge is 2.25. The zero-order valence-corrected chi connectivity index (χ0v) is 25.4. The largest absolute Gasteiger partial charge is 0.439 e. The Kier molecular flexibility index (Phi) is 6.68. The molecule has 0 radical (unpaired) electrons. The lowest BCUT2D eigenvalue weighted by Crippen LogP contribution is -2.33. The Labute approximate surface area is 262 Å². The van der Waals surface area contributed by atoms with E-state index in [1.807, 2.05) is 18.2 Å². The van der Waals surface area contributed by atoms with Crippen LogP contribution in [0.2, 0.25) is 0 Å². The van der Waals surface area contributed by atoms with Crippen molar-refractivity contribution in [3.05, 3.63) is 145 Å². The molecule has 4 heteroatoms. The quantitative estimate of drug-likeness (QED) is 0.182. The maximum absolute atomic E-state index is 6.32. The number of hydrogen-bond acceptors (Lipinski definition) is 3. The van der Waals surface area contributed by atoms with Gasteiger partial charge in [-0.2, -0.15) is 4.57 Å². The minimum atomic E-state index is 0.797. The van der Waals surface area contributed by atoms with Crippen LogP contribution in [-0.4, -0.2) is 6.54 Å². The topological polar surface area (TPSA) is 29.5 Å². The summed E-state index contributed by atoms with van der Waals surface area (Å²) < 4.78 is 14.9. The fourth-order valence-electron chi connectivity index (χ4n) is 6.41. The van der Waals surface area contributed by atoms with E-state index in [1.54, 1.807) is 0 Å². The smallest absolute Gasteiger partial charge is 0.374 e. The summed E-state index contributed by atoms with van der Waals surface area (Å²) in [5.41, 5.74) is 7.77. The van der Waals surface area contributed by atoms with E-state index in [2.05, 4.69) is 145 Å². The Balaban J connectivity index is 1.07. The van der Waals surface area contributed by atoms with Gasteiger partial charge in [-0.3, -0.25) is 0 Å². The van der Waals surface area contributed by atoms with Crippen LogP contribution in [-0.2, 0) is 6.54 Å². The van der Waals surface area contributed by atoms with Crippen molar-refractivity contribution in [2.75, 3.05) is 11.4 Å². The van der Waals surface area contributed by atoms with Gasteiger partial charge in [0, 0.05) is 12.6 Å². The number of hydrogen-bond donors (Lipinski definition) is 0. The summed E-state index contributed by atoms with van der Waals surface area (Å²) >= 11 is 0. The molecule has 218 valence electrons. The van der Waals surface area contributed by atoms with Gasteiger partial charge in [0.05, 0.1) is 11.8 Å². The van der Waals surface area contributed by atoms with Crippen LogP contribution >= 0.6 is 0 Å². The van der Waals surface area contributed by atoms with Gasteiger partial charge in [-0.05, 0) is 100 Å². The van der Waals surface area contributed by atoms with Crippen LogP contribution in [0, 0.1) is 0 Å². The van der Waals surface area contributed by atoms with Gasteiger partial charge in [-0.25, -0.2) is 0 Å². The third-order valence-electron chi connectivity index (χ3n) is 8.74. The first-order valence-electron chi connectivity index (χ1n) is 15.6. The molecule has 45 heavy (non-hydrogen) atoms. The normalized spacial score (nSPS) is 13.8. The molecule has 0 unspecified atom stereocenters. The molecule has 8 rings (SSSR count). The maximum Gasteiger partial charge on any atom is 0.374 e. The van der Waals surface area contributed by atoms with Crippen molar-refractivity contribution >= 4 is 44.4 Å². The molecule has 0 fully saturated rings. The standard InChI is InChI=1S/C41H33N2O2/c1-3-42-36-26-34(32-18-16-28-10-5-7-12-30(28)24-32)20-22-38(36)44-40(42)14-9-15-41-43(4-2)37-27-35(21-23-39(37)45-41)33-19-17-29-11-6-8-13-31(29)25-33/h5-27H,3-4H2,1-2H3/q+1. The lowest BCUT2D eigenvalue weighted by molar-refractivity contribution is -0.674. The Morgan fingerprint density at radius 3 is 1.91 bits per heavy atom. The predicted molar refractivity (Wildman–Crippen MR) is 185 cm³/mol. The summed E-state index contributed by atoms with van der Waals surface area (Å²) in [6, 6.07) is 43.1. The number of aryl methyl sites for hydroxylation is 1. The van der Waals surface area contributed by atoms with E-state index in [0.717, 1.165) is 47.4 Å². The molecule has 0 aliphatic carbocycles.